The Morgan fingerprint density at radius 3 is 2.57 bits per heavy atom. The van der Waals surface area contributed by atoms with Gasteiger partial charge in [0.15, 0.2) is 0 Å². The number of aromatic nitrogens is 1. The van der Waals surface area contributed by atoms with Gasteiger partial charge in [0.25, 0.3) is 0 Å². The van der Waals surface area contributed by atoms with Crippen molar-refractivity contribution >= 4 is 11.3 Å². The van der Waals surface area contributed by atoms with Gasteiger partial charge >= 0.3 is 0 Å². The summed E-state index contributed by atoms with van der Waals surface area (Å²) in [4.78, 5) is 6.02. The maximum absolute atomic E-state index is 13.5. The first kappa shape index (κ1) is 16.1. The topological polar surface area (TPSA) is 24.9 Å². The van der Waals surface area contributed by atoms with Crippen LogP contribution in [0.3, 0.4) is 0 Å². The first-order valence-corrected chi connectivity index (χ1v) is 8.19. The van der Waals surface area contributed by atoms with E-state index in [1.54, 1.807) is 17.4 Å². The maximum atomic E-state index is 13.5. The summed E-state index contributed by atoms with van der Waals surface area (Å²) >= 11 is 1.67. The molecule has 1 aromatic heterocycles. The minimum Gasteiger partial charge on any atom is -0.310 e. The second-order valence-corrected chi connectivity index (χ2v) is 7.06. The van der Waals surface area contributed by atoms with Crippen LogP contribution in [0, 0.1) is 12.7 Å². The van der Waals surface area contributed by atoms with Gasteiger partial charge in [0.1, 0.15) is 10.8 Å². The third kappa shape index (κ3) is 3.89. The minimum absolute atomic E-state index is 0.209. The molecular weight excluding hydrogens is 283 g/mol. The summed E-state index contributed by atoms with van der Waals surface area (Å²) < 4.78 is 13.5. The zero-order valence-corrected chi connectivity index (χ0v) is 14.1. The molecule has 4 heteroatoms. The maximum Gasteiger partial charge on any atom is 0.124 e. The van der Waals surface area contributed by atoms with Crippen LogP contribution in [-0.4, -0.2) is 11.0 Å². The number of hydrogen-bond donors (Lipinski definition) is 1. The molecular formula is C17H23FN2S. The van der Waals surface area contributed by atoms with Crippen LogP contribution >= 0.6 is 11.3 Å². The largest absolute Gasteiger partial charge is 0.310 e. The molecule has 2 aromatic rings. The molecule has 0 amide bonds. The van der Waals surface area contributed by atoms with E-state index in [1.165, 1.54) is 10.9 Å². The van der Waals surface area contributed by atoms with E-state index in [4.69, 9.17) is 4.98 Å². The average Bonchev–Trinajstić information content (AvgIpc) is 2.83. The van der Waals surface area contributed by atoms with E-state index in [2.05, 4.69) is 33.0 Å². The molecule has 114 valence electrons. The highest BCUT2D eigenvalue weighted by Crippen LogP contribution is 2.33. The van der Waals surface area contributed by atoms with Crippen molar-refractivity contribution in [2.24, 2.45) is 0 Å². The van der Waals surface area contributed by atoms with Gasteiger partial charge < -0.3 is 5.32 Å². The molecule has 1 aromatic carbocycles. The van der Waals surface area contributed by atoms with Crippen LogP contribution in [0.2, 0.25) is 0 Å². The van der Waals surface area contributed by atoms with Crippen molar-refractivity contribution in [1.82, 2.24) is 10.3 Å². The summed E-state index contributed by atoms with van der Waals surface area (Å²) in [6.07, 6.45) is 0. The highest BCUT2D eigenvalue weighted by atomic mass is 32.1. The number of nitrogens with zero attached hydrogens (tertiary/aromatic N) is 1. The van der Waals surface area contributed by atoms with Crippen molar-refractivity contribution in [1.29, 1.82) is 0 Å². The molecule has 0 atom stereocenters. The lowest BCUT2D eigenvalue weighted by Gasteiger charge is -2.09. The van der Waals surface area contributed by atoms with Gasteiger partial charge in [-0.05, 0) is 30.5 Å². The molecule has 0 radical (unpaired) electrons. The fourth-order valence-corrected chi connectivity index (χ4v) is 3.43. The smallest absolute Gasteiger partial charge is 0.124 e. The second-order valence-electron chi connectivity index (χ2n) is 5.98. The first-order chi connectivity index (χ1) is 9.88. The molecule has 0 aliphatic rings. The standard InChI is InChI=1S/C17H23FN2S/c1-10(2)16-15(9-19-11(3)4)21-17(20-16)14-8-13(18)7-6-12(14)5/h6-8,10-11,19H,9H2,1-5H3. The predicted octanol–water partition coefficient (Wildman–Crippen LogP) is 4.88. The van der Waals surface area contributed by atoms with Gasteiger partial charge in [-0.2, -0.15) is 0 Å². The van der Waals surface area contributed by atoms with Crippen LogP contribution in [0.15, 0.2) is 18.2 Å². The molecule has 21 heavy (non-hydrogen) atoms. The van der Waals surface area contributed by atoms with Crippen molar-refractivity contribution < 1.29 is 4.39 Å². The van der Waals surface area contributed by atoms with Crippen LogP contribution in [0.4, 0.5) is 4.39 Å². The lowest BCUT2D eigenvalue weighted by molar-refractivity contribution is 0.588. The van der Waals surface area contributed by atoms with Crippen molar-refractivity contribution in [2.45, 2.75) is 53.1 Å². The van der Waals surface area contributed by atoms with E-state index in [9.17, 15) is 4.39 Å². The Morgan fingerprint density at radius 2 is 1.95 bits per heavy atom. The van der Waals surface area contributed by atoms with E-state index in [0.29, 0.717) is 12.0 Å². The Labute approximate surface area is 130 Å². The third-order valence-corrected chi connectivity index (χ3v) is 4.48. The van der Waals surface area contributed by atoms with Crippen LogP contribution in [0.25, 0.3) is 10.6 Å². The Hall–Kier alpha value is -1.26. The van der Waals surface area contributed by atoms with E-state index >= 15 is 0 Å². The summed E-state index contributed by atoms with van der Waals surface area (Å²) in [5.74, 6) is 0.159. The van der Waals surface area contributed by atoms with E-state index in [-0.39, 0.29) is 5.82 Å². The number of thiazole rings is 1. The quantitative estimate of drug-likeness (QED) is 0.851. The molecule has 2 nitrogen and oxygen atoms in total. The highest BCUT2D eigenvalue weighted by molar-refractivity contribution is 7.15. The Bertz CT molecular complexity index is 617. The van der Waals surface area contributed by atoms with Crippen LogP contribution in [0.1, 0.15) is 49.7 Å². The van der Waals surface area contributed by atoms with Crippen molar-refractivity contribution in [2.75, 3.05) is 0 Å². The van der Waals surface area contributed by atoms with E-state index in [1.807, 2.05) is 13.0 Å². The molecule has 0 bridgehead atoms. The number of aryl methyl sites for hydroxylation is 1. The van der Waals surface area contributed by atoms with Gasteiger partial charge in [-0.15, -0.1) is 11.3 Å². The molecule has 0 unspecified atom stereocenters. The average molecular weight is 306 g/mol. The normalized spacial score (nSPS) is 11.6. The first-order valence-electron chi connectivity index (χ1n) is 7.38. The number of rotatable bonds is 5. The van der Waals surface area contributed by atoms with E-state index < -0.39 is 0 Å². The van der Waals surface area contributed by atoms with Crippen molar-refractivity contribution in [3.05, 3.63) is 40.2 Å². The zero-order chi connectivity index (χ0) is 15.6. The molecule has 1 N–H and O–H groups in total. The lowest BCUT2D eigenvalue weighted by Crippen LogP contribution is -2.22. The summed E-state index contributed by atoms with van der Waals surface area (Å²) in [6.45, 7) is 11.4. The fraction of sp³-hybridized carbons (Fsp3) is 0.471. The Kier molecular flexibility index (Phi) is 5.12. The molecule has 0 saturated heterocycles. The van der Waals surface area contributed by atoms with Crippen molar-refractivity contribution in [3.8, 4) is 10.6 Å². The molecule has 2 rings (SSSR count). The zero-order valence-electron chi connectivity index (χ0n) is 13.3. The Morgan fingerprint density at radius 1 is 1.24 bits per heavy atom. The van der Waals surface area contributed by atoms with Gasteiger partial charge in [0.2, 0.25) is 0 Å². The highest BCUT2D eigenvalue weighted by Gasteiger charge is 2.16. The van der Waals surface area contributed by atoms with Crippen molar-refractivity contribution in [3.63, 3.8) is 0 Å². The van der Waals surface area contributed by atoms with Crippen LogP contribution in [0.5, 0.6) is 0 Å². The minimum atomic E-state index is -0.209. The Balaban J connectivity index is 2.41. The van der Waals surface area contributed by atoms with Crippen LogP contribution in [-0.2, 0) is 6.54 Å². The monoisotopic (exact) mass is 306 g/mol. The number of halogens is 1. The number of benzene rings is 1. The molecule has 0 aliphatic heterocycles. The third-order valence-electron chi connectivity index (χ3n) is 3.38. The van der Waals surface area contributed by atoms with Gasteiger partial charge in [0, 0.05) is 23.0 Å². The second kappa shape index (κ2) is 6.67. The molecule has 1 heterocycles. The molecule has 0 saturated carbocycles. The lowest BCUT2D eigenvalue weighted by atomic mass is 10.1. The van der Waals surface area contributed by atoms with Gasteiger partial charge in [0.05, 0.1) is 5.69 Å². The summed E-state index contributed by atoms with van der Waals surface area (Å²) in [6, 6.07) is 5.33. The van der Waals surface area contributed by atoms with Gasteiger partial charge in [-0.25, -0.2) is 9.37 Å². The predicted molar refractivity (Wildman–Crippen MR) is 88.3 cm³/mol. The number of hydrogen-bond acceptors (Lipinski definition) is 3. The fourth-order valence-electron chi connectivity index (χ4n) is 2.18. The summed E-state index contributed by atoms with van der Waals surface area (Å²) in [5.41, 5.74) is 3.08. The summed E-state index contributed by atoms with van der Waals surface area (Å²) in [7, 11) is 0. The van der Waals surface area contributed by atoms with Gasteiger partial charge in [-0.3, -0.25) is 0 Å². The molecule has 0 fully saturated rings. The molecule has 0 spiro atoms. The van der Waals surface area contributed by atoms with Gasteiger partial charge in [-0.1, -0.05) is 33.8 Å². The van der Waals surface area contributed by atoms with E-state index in [0.717, 1.165) is 28.4 Å². The SMILES string of the molecule is Cc1ccc(F)cc1-c1nc(C(C)C)c(CNC(C)C)s1. The molecule has 0 aliphatic carbocycles. The summed E-state index contributed by atoms with van der Waals surface area (Å²) in [5, 5.41) is 4.36. The number of nitrogens with one attached hydrogen (secondary N) is 1. The van der Waals surface area contributed by atoms with Crippen LogP contribution < -0.4 is 5.32 Å².